The van der Waals surface area contributed by atoms with Crippen molar-refractivity contribution in [2.75, 3.05) is 14.1 Å². The third-order valence-corrected chi connectivity index (χ3v) is 5.48. The average molecular weight is 347 g/mol. The lowest BCUT2D eigenvalue weighted by atomic mass is 10.1. The van der Waals surface area contributed by atoms with E-state index < -0.39 is 21.4 Å². The summed E-state index contributed by atoms with van der Waals surface area (Å²) in [4.78, 5) is 23.7. The molecule has 0 aliphatic rings. The number of aromatic carboxylic acids is 1. The van der Waals surface area contributed by atoms with Crippen molar-refractivity contribution >= 4 is 37.9 Å². The summed E-state index contributed by atoms with van der Waals surface area (Å²) in [5.41, 5.74) is -0.0645. The second-order valence-electron chi connectivity index (χ2n) is 5.39. The first-order valence-electron chi connectivity index (χ1n) is 6.88. The van der Waals surface area contributed by atoms with Crippen molar-refractivity contribution in [3.63, 3.8) is 0 Å². The molecule has 0 spiro atoms. The number of carbonyl (C=O) groups is 1. The van der Waals surface area contributed by atoms with E-state index in [1.807, 2.05) is 0 Å². The molecule has 0 unspecified atom stereocenters. The maximum Gasteiger partial charge on any atom is 0.335 e. The molecular formula is C16H13NO6S. The number of rotatable bonds is 3. The van der Waals surface area contributed by atoms with Crippen molar-refractivity contribution in [3.05, 3.63) is 52.2 Å². The lowest BCUT2D eigenvalue weighted by Crippen LogP contribution is -2.22. The van der Waals surface area contributed by atoms with E-state index in [0.717, 1.165) is 4.31 Å². The van der Waals surface area contributed by atoms with Gasteiger partial charge in [-0.25, -0.2) is 17.5 Å². The van der Waals surface area contributed by atoms with E-state index in [1.54, 1.807) is 0 Å². The highest BCUT2D eigenvalue weighted by atomic mass is 32.2. The molecule has 1 aromatic heterocycles. The minimum absolute atomic E-state index is 0.0407. The van der Waals surface area contributed by atoms with Gasteiger partial charge in [0, 0.05) is 14.1 Å². The van der Waals surface area contributed by atoms with Crippen LogP contribution in [0, 0.1) is 0 Å². The quantitative estimate of drug-likeness (QED) is 0.726. The van der Waals surface area contributed by atoms with Gasteiger partial charge in [0.05, 0.1) is 21.2 Å². The first-order chi connectivity index (χ1) is 11.2. The molecule has 7 nitrogen and oxygen atoms in total. The summed E-state index contributed by atoms with van der Waals surface area (Å²) in [6, 6.07) is 7.98. The molecule has 0 saturated heterocycles. The van der Waals surface area contributed by atoms with Crippen LogP contribution >= 0.6 is 0 Å². The van der Waals surface area contributed by atoms with Gasteiger partial charge in [-0.2, -0.15) is 0 Å². The van der Waals surface area contributed by atoms with Crippen molar-refractivity contribution in [2.24, 2.45) is 0 Å². The fourth-order valence-electron chi connectivity index (χ4n) is 2.34. The molecular weight excluding hydrogens is 334 g/mol. The van der Waals surface area contributed by atoms with Gasteiger partial charge < -0.3 is 9.52 Å². The lowest BCUT2D eigenvalue weighted by Gasteiger charge is -2.11. The smallest absolute Gasteiger partial charge is 0.335 e. The van der Waals surface area contributed by atoms with Gasteiger partial charge in [-0.1, -0.05) is 0 Å². The maximum atomic E-state index is 12.7. The van der Waals surface area contributed by atoms with Gasteiger partial charge in [0.25, 0.3) is 0 Å². The Morgan fingerprint density at radius 1 is 1.04 bits per heavy atom. The minimum atomic E-state index is -3.70. The zero-order valence-electron chi connectivity index (χ0n) is 12.8. The standard InChI is InChI=1S/C16H13NO6S/c1-17(2)24(21,22)10-4-6-14-12(8-10)15(18)11-7-9(16(19)20)3-5-13(11)23-14/h3-8H,1-2H3,(H,19,20). The molecule has 2 aromatic carbocycles. The van der Waals surface area contributed by atoms with E-state index in [2.05, 4.69) is 0 Å². The van der Waals surface area contributed by atoms with E-state index in [9.17, 15) is 18.0 Å². The molecule has 0 amide bonds. The molecule has 1 N–H and O–H groups in total. The fraction of sp³-hybridized carbons (Fsp3) is 0.125. The van der Waals surface area contributed by atoms with Crippen molar-refractivity contribution in [2.45, 2.75) is 4.90 Å². The molecule has 0 fully saturated rings. The molecule has 0 aliphatic heterocycles. The number of carboxylic acid groups (broad SMARTS) is 1. The number of nitrogens with zero attached hydrogens (tertiary/aromatic N) is 1. The Hall–Kier alpha value is -2.71. The average Bonchev–Trinajstić information content (AvgIpc) is 2.54. The minimum Gasteiger partial charge on any atom is -0.478 e. The summed E-state index contributed by atoms with van der Waals surface area (Å²) in [5.74, 6) is -1.17. The van der Waals surface area contributed by atoms with Crippen LogP contribution in [0.1, 0.15) is 10.4 Å². The summed E-state index contributed by atoms with van der Waals surface area (Å²) < 4.78 is 31.0. The summed E-state index contributed by atoms with van der Waals surface area (Å²) >= 11 is 0. The van der Waals surface area contributed by atoms with Gasteiger partial charge in [0.2, 0.25) is 15.5 Å². The molecule has 0 bridgehead atoms. The van der Waals surface area contributed by atoms with E-state index in [0.29, 0.717) is 0 Å². The highest BCUT2D eigenvalue weighted by Crippen LogP contribution is 2.23. The Kier molecular flexibility index (Phi) is 3.66. The summed E-state index contributed by atoms with van der Waals surface area (Å²) in [6.45, 7) is 0. The predicted molar refractivity (Wildman–Crippen MR) is 87.8 cm³/mol. The largest absolute Gasteiger partial charge is 0.478 e. The Morgan fingerprint density at radius 2 is 1.62 bits per heavy atom. The van der Waals surface area contributed by atoms with E-state index in [4.69, 9.17) is 9.52 Å². The van der Waals surface area contributed by atoms with Crippen LogP contribution in [-0.4, -0.2) is 37.9 Å². The molecule has 8 heteroatoms. The van der Waals surface area contributed by atoms with Crippen molar-refractivity contribution in [1.29, 1.82) is 0 Å². The predicted octanol–water partition coefficient (Wildman–Crippen LogP) is 1.89. The number of sulfonamides is 1. The number of carboxylic acids is 1. The van der Waals surface area contributed by atoms with Crippen molar-refractivity contribution in [3.8, 4) is 0 Å². The van der Waals surface area contributed by atoms with Crippen LogP contribution in [0.3, 0.4) is 0 Å². The summed E-state index contributed by atoms with van der Waals surface area (Å²) in [7, 11) is -0.920. The molecule has 3 aromatic rings. The normalized spacial score (nSPS) is 12.1. The van der Waals surface area contributed by atoms with Crippen LogP contribution in [0.25, 0.3) is 21.9 Å². The molecule has 0 saturated carbocycles. The zero-order valence-corrected chi connectivity index (χ0v) is 13.6. The van der Waals surface area contributed by atoms with E-state index >= 15 is 0 Å². The highest BCUT2D eigenvalue weighted by Gasteiger charge is 2.19. The third kappa shape index (κ3) is 2.45. The first kappa shape index (κ1) is 16.2. The first-order valence-corrected chi connectivity index (χ1v) is 8.32. The maximum absolute atomic E-state index is 12.7. The van der Waals surface area contributed by atoms with Crippen LogP contribution in [0.5, 0.6) is 0 Å². The van der Waals surface area contributed by atoms with Gasteiger partial charge >= 0.3 is 5.97 Å². The van der Waals surface area contributed by atoms with Crippen LogP contribution in [0.2, 0.25) is 0 Å². The van der Waals surface area contributed by atoms with Gasteiger partial charge in [-0.15, -0.1) is 0 Å². The molecule has 24 heavy (non-hydrogen) atoms. The Morgan fingerprint density at radius 3 is 2.21 bits per heavy atom. The number of hydrogen-bond donors (Lipinski definition) is 1. The third-order valence-electron chi connectivity index (χ3n) is 3.67. The molecule has 0 radical (unpaired) electrons. The Labute approximate surface area is 136 Å². The molecule has 124 valence electrons. The van der Waals surface area contributed by atoms with Gasteiger partial charge in [-0.3, -0.25) is 4.79 Å². The summed E-state index contributed by atoms with van der Waals surface area (Å²) in [5, 5.41) is 9.20. The number of benzene rings is 2. The topological polar surface area (TPSA) is 105 Å². The van der Waals surface area contributed by atoms with Crippen molar-refractivity contribution < 1.29 is 22.7 Å². The molecule has 3 rings (SSSR count). The van der Waals surface area contributed by atoms with E-state index in [1.165, 1.54) is 50.5 Å². The van der Waals surface area contributed by atoms with Gasteiger partial charge in [0.1, 0.15) is 11.2 Å². The molecule has 0 atom stereocenters. The molecule has 1 heterocycles. The van der Waals surface area contributed by atoms with Gasteiger partial charge in [0.15, 0.2) is 0 Å². The Bertz CT molecular complexity index is 1140. The number of fused-ring (bicyclic) bond motifs is 2. The fourth-order valence-corrected chi connectivity index (χ4v) is 3.27. The van der Waals surface area contributed by atoms with Crippen LogP contribution < -0.4 is 5.43 Å². The number of hydrogen-bond acceptors (Lipinski definition) is 5. The SMILES string of the molecule is CN(C)S(=O)(=O)c1ccc2oc3ccc(C(=O)O)cc3c(=O)c2c1. The van der Waals surface area contributed by atoms with Crippen LogP contribution in [0.4, 0.5) is 0 Å². The van der Waals surface area contributed by atoms with Crippen molar-refractivity contribution in [1.82, 2.24) is 4.31 Å². The second-order valence-corrected chi connectivity index (χ2v) is 7.54. The summed E-state index contributed by atoms with van der Waals surface area (Å²) in [6.07, 6.45) is 0. The van der Waals surface area contributed by atoms with Crippen LogP contribution in [0.15, 0.2) is 50.5 Å². The van der Waals surface area contributed by atoms with E-state index in [-0.39, 0.29) is 32.4 Å². The monoisotopic (exact) mass is 347 g/mol. The molecule has 0 aliphatic carbocycles. The highest BCUT2D eigenvalue weighted by molar-refractivity contribution is 7.89. The zero-order chi connectivity index (χ0) is 17.6. The Balaban J connectivity index is 2.37. The second kappa shape index (κ2) is 5.43. The van der Waals surface area contributed by atoms with Gasteiger partial charge in [-0.05, 0) is 36.4 Å². The lowest BCUT2D eigenvalue weighted by molar-refractivity contribution is 0.0697. The van der Waals surface area contributed by atoms with Crippen LogP contribution in [-0.2, 0) is 10.0 Å².